The molecule has 142 valence electrons. The molecule has 6 heteroatoms. The van der Waals surface area contributed by atoms with Crippen LogP contribution in [-0.4, -0.2) is 53.8 Å². The lowest BCUT2D eigenvalue weighted by Gasteiger charge is -2.23. The van der Waals surface area contributed by atoms with Crippen molar-refractivity contribution in [2.45, 2.75) is 31.8 Å². The zero-order valence-corrected chi connectivity index (χ0v) is 16.2. The number of carbonyl (C=O) groups excluding carboxylic acids is 2. The number of nitrogens with zero attached hydrogens (tertiary/aromatic N) is 2. The minimum Gasteiger partial charge on any atom is -0.347 e. The first-order valence-electron chi connectivity index (χ1n) is 9.65. The molecule has 2 aromatic rings. The van der Waals surface area contributed by atoms with E-state index in [1.54, 1.807) is 0 Å². The molecule has 4 rings (SSSR count). The van der Waals surface area contributed by atoms with Gasteiger partial charge in [0.15, 0.2) is 0 Å². The number of thiophene rings is 1. The monoisotopic (exact) mass is 383 g/mol. The second-order valence-corrected chi connectivity index (χ2v) is 8.24. The quantitative estimate of drug-likeness (QED) is 0.864. The predicted molar refractivity (Wildman–Crippen MR) is 107 cm³/mol. The Labute approximate surface area is 164 Å². The van der Waals surface area contributed by atoms with Crippen LogP contribution in [0.3, 0.4) is 0 Å². The topological polar surface area (TPSA) is 52.7 Å². The number of amides is 2. The molecule has 2 saturated heterocycles. The zero-order chi connectivity index (χ0) is 18.6. The Hall–Kier alpha value is -2.18. The average Bonchev–Trinajstić information content (AvgIpc) is 3.47. The summed E-state index contributed by atoms with van der Waals surface area (Å²) in [7, 11) is 0. The predicted octanol–water partition coefficient (Wildman–Crippen LogP) is 2.99. The van der Waals surface area contributed by atoms with E-state index in [9.17, 15) is 9.59 Å². The molecule has 1 atom stereocenters. The minimum atomic E-state index is -0.0600. The summed E-state index contributed by atoms with van der Waals surface area (Å²) in [6.07, 6.45) is 3.66. The normalized spacial score (nSPS) is 20.1. The standard InChI is InChI=1S/C21H25N3O2S/c25-20(19-4-3-13-27-19)22-14-16-5-7-17(8-6-16)21(26)24-12-9-18(15-24)23-10-1-2-11-23/h3-8,13,18H,1-2,9-12,14-15H2,(H,22,25). The molecule has 0 bridgehead atoms. The lowest BCUT2D eigenvalue weighted by molar-refractivity contribution is 0.0779. The molecule has 0 aliphatic carbocycles. The lowest BCUT2D eigenvalue weighted by atomic mass is 10.1. The molecule has 1 aromatic carbocycles. The summed E-state index contributed by atoms with van der Waals surface area (Å²) < 4.78 is 0. The van der Waals surface area contributed by atoms with Crippen LogP contribution in [0.25, 0.3) is 0 Å². The molecule has 1 aromatic heterocycles. The fraction of sp³-hybridized carbons (Fsp3) is 0.429. The zero-order valence-electron chi connectivity index (χ0n) is 15.4. The van der Waals surface area contributed by atoms with E-state index in [-0.39, 0.29) is 11.8 Å². The maximum absolute atomic E-state index is 12.8. The molecule has 2 fully saturated rings. The Morgan fingerprint density at radius 1 is 1.07 bits per heavy atom. The van der Waals surface area contributed by atoms with Crippen LogP contribution < -0.4 is 5.32 Å². The number of carbonyl (C=O) groups is 2. The fourth-order valence-electron chi connectivity index (χ4n) is 3.96. The highest BCUT2D eigenvalue weighted by atomic mass is 32.1. The Bertz CT molecular complexity index is 782. The third-order valence-electron chi connectivity index (χ3n) is 5.51. The summed E-state index contributed by atoms with van der Waals surface area (Å²) in [6, 6.07) is 11.8. The first kappa shape index (κ1) is 18.2. The van der Waals surface area contributed by atoms with E-state index in [0.29, 0.717) is 17.5 Å². The maximum atomic E-state index is 12.8. The molecular weight excluding hydrogens is 358 g/mol. The van der Waals surface area contributed by atoms with Crippen molar-refractivity contribution in [2.75, 3.05) is 26.2 Å². The van der Waals surface area contributed by atoms with Crippen molar-refractivity contribution < 1.29 is 9.59 Å². The van der Waals surface area contributed by atoms with Crippen LogP contribution in [0, 0.1) is 0 Å². The van der Waals surface area contributed by atoms with Crippen molar-refractivity contribution in [2.24, 2.45) is 0 Å². The maximum Gasteiger partial charge on any atom is 0.261 e. The number of benzene rings is 1. The van der Waals surface area contributed by atoms with Gasteiger partial charge in [-0.05, 0) is 61.5 Å². The van der Waals surface area contributed by atoms with Gasteiger partial charge >= 0.3 is 0 Å². The molecule has 1 N–H and O–H groups in total. The highest BCUT2D eigenvalue weighted by Gasteiger charge is 2.31. The van der Waals surface area contributed by atoms with Crippen molar-refractivity contribution in [3.63, 3.8) is 0 Å². The molecular formula is C21H25N3O2S. The SMILES string of the molecule is O=C(NCc1ccc(C(=O)N2CCC(N3CCCC3)C2)cc1)c1cccs1. The number of rotatable bonds is 5. The molecule has 0 saturated carbocycles. The molecule has 0 spiro atoms. The first-order chi connectivity index (χ1) is 13.2. The van der Waals surface area contributed by atoms with E-state index < -0.39 is 0 Å². The van der Waals surface area contributed by atoms with Crippen LogP contribution in [-0.2, 0) is 6.54 Å². The summed E-state index contributed by atoms with van der Waals surface area (Å²) in [5.74, 6) is 0.0565. The second-order valence-electron chi connectivity index (χ2n) is 7.29. The highest BCUT2D eigenvalue weighted by Crippen LogP contribution is 2.22. The molecule has 2 aliphatic heterocycles. The summed E-state index contributed by atoms with van der Waals surface area (Å²) in [5.41, 5.74) is 1.72. The van der Waals surface area contributed by atoms with Crippen LogP contribution in [0.5, 0.6) is 0 Å². The van der Waals surface area contributed by atoms with Crippen LogP contribution in [0.1, 0.15) is 44.9 Å². The van der Waals surface area contributed by atoms with Gasteiger partial charge in [0.25, 0.3) is 11.8 Å². The van der Waals surface area contributed by atoms with E-state index in [2.05, 4.69) is 10.2 Å². The van der Waals surface area contributed by atoms with Gasteiger partial charge < -0.3 is 10.2 Å². The van der Waals surface area contributed by atoms with Crippen LogP contribution in [0.4, 0.5) is 0 Å². The molecule has 2 amide bonds. The minimum absolute atomic E-state index is 0.0600. The largest absolute Gasteiger partial charge is 0.347 e. The van der Waals surface area contributed by atoms with Crippen molar-refractivity contribution in [3.8, 4) is 0 Å². The number of nitrogens with one attached hydrogen (secondary N) is 1. The van der Waals surface area contributed by atoms with Gasteiger partial charge in [-0.2, -0.15) is 0 Å². The van der Waals surface area contributed by atoms with Crippen LogP contribution >= 0.6 is 11.3 Å². The third kappa shape index (κ3) is 4.22. The van der Waals surface area contributed by atoms with E-state index in [0.717, 1.165) is 30.6 Å². The van der Waals surface area contributed by atoms with Gasteiger partial charge in [0.2, 0.25) is 0 Å². The van der Waals surface area contributed by atoms with Gasteiger partial charge in [0, 0.05) is 31.2 Å². The molecule has 1 unspecified atom stereocenters. The summed E-state index contributed by atoms with van der Waals surface area (Å²) in [6.45, 7) is 4.51. The molecule has 0 radical (unpaired) electrons. The first-order valence-corrected chi connectivity index (χ1v) is 10.5. The Kier molecular flexibility index (Phi) is 5.55. The van der Waals surface area contributed by atoms with Crippen molar-refractivity contribution in [1.82, 2.24) is 15.1 Å². The van der Waals surface area contributed by atoms with Gasteiger partial charge in [-0.3, -0.25) is 14.5 Å². The molecule has 5 nitrogen and oxygen atoms in total. The van der Waals surface area contributed by atoms with Crippen LogP contribution in [0.2, 0.25) is 0 Å². The third-order valence-corrected chi connectivity index (χ3v) is 6.38. The number of hydrogen-bond acceptors (Lipinski definition) is 4. The van der Waals surface area contributed by atoms with E-state index >= 15 is 0 Å². The van der Waals surface area contributed by atoms with Gasteiger partial charge in [0.1, 0.15) is 0 Å². The van der Waals surface area contributed by atoms with Gasteiger partial charge in [0.05, 0.1) is 4.88 Å². The summed E-state index contributed by atoms with van der Waals surface area (Å²) >= 11 is 1.43. The Morgan fingerprint density at radius 2 is 1.85 bits per heavy atom. The molecule has 3 heterocycles. The smallest absolute Gasteiger partial charge is 0.261 e. The summed E-state index contributed by atoms with van der Waals surface area (Å²) in [4.78, 5) is 30.0. The van der Waals surface area contributed by atoms with Crippen molar-refractivity contribution in [1.29, 1.82) is 0 Å². The molecule has 2 aliphatic rings. The Balaban J connectivity index is 1.30. The average molecular weight is 384 g/mol. The fourth-order valence-corrected chi connectivity index (χ4v) is 4.60. The van der Waals surface area contributed by atoms with Crippen molar-refractivity contribution >= 4 is 23.2 Å². The van der Waals surface area contributed by atoms with Gasteiger partial charge in [-0.25, -0.2) is 0 Å². The highest BCUT2D eigenvalue weighted by molar-refractivity contribution is 7.12. The number of hydrogen-bond donors (Lipinski definition) is 1. The lowest BCUT2D eigenvalue weighted by Crippen LogP contribution is -2.37. The van der Waals surface area contributed by atoms with Crippen molar-refractivity contribution in [3.05, 3.63) is 57.8 Å². The van der Waals surface area contributed by atoms with Gasteiger partial charge in [-0.15, -0.1) is 11.3 Å². The van der Waals surface area contributed by atoms with Crippen LogP contribution in [0.15, 0.2) is 41.8 Å². The second kappa shape index (κ2) is 8.23. The van der Waals surface area contributed by atoms with Gasteiger partial charge in [-0.1, -0.05) is 18.2 Å². The van der Waals surface area contributed by atoms with E-state index in [4.69, 9.17) is 0 Å². The van der Waals surface area contributed by atoms with E-state index in [1.807, 2.05) is 46.7 Å². The Morgan fingerprint density at radius 3 is 2.56 bits per heavy atom. The molecule has 27 heavy (non-hydrogen) atoms. The van der Waals surface area contributed by atoms with E-state index in [1.165, 1.54) is 37.3 Å². The summed E-state index contributed by atoms with van der Waals surface area (Å²) in [5, 5.41) is 4.80. The number of likely N-dealkylation sites (tertiary alicyclic amines) is 2.